The number of hydrazone groups is 1. The second-order valence-electron chi connectivity index (χ2n) is 4.94. The summed E-state index contributed by atoms with van der Waals surface area (Å²) in [5.74, 6) is 1.53. The van der Waals surface area contributed by atoms with E-state index >= 15 is 0 Å². The number of ether oxygens (including phenoxy) is 2. The maximum Gasteiger partial charge on any atom is 0.128 e. The minimum absolute atomic E-state index is 0.693. The van der Waals surface area contributed by atoms with E-state index in [1.807, 2.05) is 47.6 Å². The predicted molar refractivity (Wildman–Crippen MR) is 88.0 cm³/mol. The molecule has 0 N–H and O–H groups in total. The minimum atomic E-state index is 0.693. The van der Waals surface area contributed by atoms with Crippen LogP contribution in [0, 0.1) is 0 Å². The molecule has 22 heavy (non-hydrogen) atoms. The largest absolute Gasteiger partial charge is 0.457 e. The zero-order valence-corrected chi connectivity index (χ0v) is 12.9. The molecule has 1 aliphatic rings. The maximum absolute atomic E-state index is 5.87. The third-order valence-corrected chi connectivity index (χ3v) is 3.52. The van der Waals surface area contributed by atoms with Crippen LogP contribution in [0.1, 0.15) is 5.56 Å². The van der Waals surface area contributed by atoms with Crippen molar-refractivity contribution >= 4 is 17.8 Å². The number of morpholine rings is 1. The molecule has 0 spiro atoms. The van der Waals surface area contributed by atoms with E-state index in [9.17, 15) is 0 Å². The number of rotatable bonds is 4. The fourth-order valence-electron chi connectivity index (χ4n) is 2.11. The van der Waals surface area contributed by atoms with E-state index in [0.717, 1.165) is 43.4 Å². The molecule has 0 saturated carbocycles. The lowest BCUT2D eigenvalue weighted by Gasteiger charge is -2.23. The molecule has 4 nitrogen and oxygen atoms in total. The Morgan fingerprint density at radius 1 is 1.05 bits per heavy atom. The van der Waals surface area contributed by atoms with Crippen LogP contribution in [0.4, 0.5) is 0 Å². The molecule has 114 valence electrons. The minimum Gasteiger partial charge on any atom is -0.457 e. The monoisotopic (exact) mass is 316 g/mol. The first-order valence-corrected chi connectivity index (χ1v) is 7.57. The topological polar surface area (TPSA) is 34.1 Å². The Hall–Kier alpha value is -2.04. The number of benzene rings is 2. The van der Waals surface area contributed by atoms with Gasteiger partial charge in [-0.25, -0.2) is 0 Å². The summed E-state index contributed by atoms with van der Waals surface area (Å²) >= 11 is 5.87. The normalized spacial score (nSPS) is 15.2. The summed E-state index contributed by atoms with van der Waals surface area (Å²) in [5, 5.41) is 7.17. The average Bonchev–Trinajstić information content (AvgIpc) is 2.57. The fraction of sp³-hybridized carbons (Fsp3) is 0.235. The second kappa shape index (κ2) is 7.29. The van der Waals surface area contributed by atoms with E-state index in [-0.39, 0.29) is 0 Å². The van der Waals surface area contributed by atoms with Gasteiger partial charge in [0, 0.05) is 5.02 Å². The first kappa shape index (κ1) is 14.9. The van der Waals surface area contributed by atoms with Crippen molar-refractivity contribution in [3.8, 4) is 11.5 Å². The van der Waals surface area contributed by atoms with Gasteiger partial charge < -0.3 is 9.47 Å². The Bertz CT molecular complexity index is 637. The van der Waals surface area contributed by atoms with Gasteiger partial charge in [0.25, 0.3) is 0 Å². The molecule has 5 heteroatoms. The van der Waals surface area contributed by atoms with Crippen LogP contribution >= 0.6 is 11.6 Å². The lowest BCUT2D eigenvalue weighted by Crippen LogP contribution is -2.32. The van der Waals surface area contributed by atoms with Crippen molar-refractivity contribution in [2.24, 2.45) is 5.10 Å². The number of nitrogens with zero attached hydrogens (tertiary/aromatic N) is 2. The highest BCUT2D eigenvalue weighted by Gasteiger charge is 2.06. The molecule has 3 rings (SSSR count). The Morgan fingerprint density at radius 3 is 2.59 bits per heavy atom. The van der Waals surface area contributed by atoms with Crippen LogP contribution in [0.25, 0.3) is 0 Å². The van der Waals surface area contributed by atoms with E-state index < -0.39 is 0 Å². The summed E-state index contributed by atoms with van der Waals surface area (Å²) in [4.78, 5) is 0. The summed E-state index contributed by atoms with van der Waals surface area (Å²) < 4.78 is 11.1. The summed E-state index contributed by atoms with van der Waals surface area (Å²) in [6.45, 7) is 3.13. The van der Waals surface area contributed by atoms with Crippen molar-refractivity contribution in [3.05, 3.63) is 59.1 Å². The molecular weight excluding hydrogens is 300 g/mol. The maximum atomic E-state index is 5.87. The Kier molecular flexibility index (Phi) is 4.93. The summed E-state index contributed by atoms with van der Waals surface area (Å²) in [7, 11) is 0. The van der Waals surface area contributed by atoms with Gasteiger partial charge in [0.1, 0.15) is 11.5 Å². The average molecular weight is 317 g/mol. The van der Waals surface area contributed by atoms with Crippen molar-refractivity contribution in [1.82, 2.24) is 5.01 Å². The molecule has 1 heterocycles. The lowest BCUT2D eigenvalue weighted by molar-refractivity contribution is 0.0397. The lowest BCUT2D eigenvalue weighted by atomic mass is 10.2. The highest BCUT2D eigenvalue weighted by Crippen LogP contribution is 2.23. The van der Waals surface area contributed by atoms with Crippen molar-refractivity contribution < 1.29 is 9.47 Å². The first-order valence-electron chi connectivity index (χ1n) is 7.20. The SMILES string of the molecule is Clc1ccc(Oc2cccc(/C=N/N3CCOCC3)c2)cc1. The summed E-state index contributed by atoms with van der Waals surface area (Å²) in [6.07, 6.45) is 1.85. The molecule has 0 radical (unpaired) electrons. The Morgan fingerprint density at radius 2 is 1.82 bits per heavy atom. The smallest absolute Gasteiger partial charge is 0.128 e. The first-order chi connectivity index (χ1) is 10.8. The van der Waals surface area contributed by atoms with Crippen LogP contribution in [-0.4, -0.2) is 37.5 Å². The van der Waals surface area contributed by atoms with Crippen LogP contribution in [0.2, 0.25) is 5.02 Å². The molecule has 0 aliphatic carbocycles. The van der Waals surface area contributed by atoms with E-state index in [1.54, 1.807) is 12.1 Å². The molecule has 0 amide bonds. The second-order valence-corrected chi connectivity index (χ2v) is 5.38. The third-order valence-electron chi connectivity index (χ3n) is 3.27. The van der Waals surface area contributed by atoms with Crippen molar-refractivity contribution in [2.75, 3.05) is 26.3 Å². The van der Waals surface area contributed by atoms with Gasteiger partial charge in [-0.15, -0.1) is 0 Å². The zero-order valence-electron chi connectivity index (χ0n) is 12.1. The Balaban J connectivity index is 1.66. The van der Waals surface area contributed by atoms with E-state index in [0.29, 0.717) is 5.02 Å². The van der Waals surface area contributed by atoms with Gasteiger partial charge >= 0.3 is 0 Å². The van der Waals surface area contributed by atoms with Crippen LogP contribution in [0.15, 0.2) is 53.6 Å². The predicted octanol–water partition coefficient (Wildman–Crippen LogP) is 3.80. The number of hydrogen-bond donors (Lipinski definition) is 0. The molecule has 1 saturated heterocycles. The Labute approximate surface area is 134 Å². The van der Waals surface area contributed by atoms with Crippen molar-refractivity contribution in [3.63, 3.8) is 0 Å². The molecule has 0 unspecified atom stereocenters. The van der Waals surface area contributed by atoms with Crippen molar-refractivity contribution in [1.29, 1.82) is 0 Å². The van der Waals surface area contributed by atoms with E-state index in [2.05, 4.69) is 5.10 Å². The molecular formula is C17H17ClN2O2. The zero-order chi connectivity index (χ0) is 15.2. The quantitative estimate of drug-likeness (QED) is 0.805. The van der Waals surface area contributed by atoms with Crippen LogP contribution in [0.3, 0.4) is 0 Å². The standard InChI is InChI=1S/C17H17ClN2O2/c18-15-4-6-16(7-5-15)22-17-3-1-2-14(12-17)13-19-20-8-10-21-11-9-20/h1-7,12-13H,8-11H2/b19-13+. The molecule has 1 aliphatic heterocycles. The molecule has 1 fully saturated rings. The van der Waals surface area contributed by atoms with Gasteiger partial charge in [-0.1, -0.05) is 23.7 Å². The fourth-order valence-corrected chi connectivity index (χ4v) is 2.24. The highest BCUT2D eigenvalue weighted by atomic mass is 35.5. The summed E-state index contributed by atoms with van der Waals surface area (Å²) in [6, 6.07) is 15.1. The van der Waals surface area contributed by atoms with E-state index in [1.165, 1.54) is 0 Å². The molecule has 0 atom stereocenters. The van der Waals surface area contributed by atoms with Gasteiger partial charge in [-0.2, -0.15) is 5.10 Å². The van der Waals surface area contributed by atoms with Gasteiger partial charge in [0.05, 0.1) is 32.5 Å². The van der Waals surface area contributed by atoms with Crippen LogP contribution < -0.4 is 4.74 Å². The van der Waals surface area contributed by atoms with Gasteiger partial charge in [-0.05, 0) is 42.0 Å². The van der Waals surface area contributed by atoms with Crippen LogP contribution in [-0.2, 0) is 4.74 Å². The molecule has 0 aromatic heterocycles. The van der Waals surface area contributed by atoms with Gasteiger partial charge in [0.2, 0.25) is 0 Å². The highest BCUT2D eigenvalue weighted by molar-refractivity contribution is 6.30. The molecule has 0 bridgehead atoms. The van der Waals surface area contributed by atoms with Crippen molar-refractivity contribution in [2.45, 2.75) is 0 Å². The van der Waals surface area contributed by atoms with E-state index in [4.69, 9.17) is 21.1 Å². The third kappa shape index (κ3) is 4.23. The number of hydrogen-bond acceptors (Lipinski definition) is 4. The van der Waals surface area contributed by atoms with Gasteiger partial charge in [0.15, 0.2) is 0 Å². The number of halogens is 1. The van der Waals surface area contributed by atoms with Crippen LogP contribution in [0.5, 0.6) is 11.5 Å². The molecule has 2 aromatic carbocycles. The van der Waals surface area contributed by atoms with Gasteiger partial charge in [-0.3, -0.25) is 5.01 Å². The summed E-state index contributed by atoms with van der Waals surface area (Å²) in [5.41, 5.74) is 0.998. The molecule has 2 aromatic rings.